The van der Waals surface area contributed by atoms with Gasteiger partial charge < -0.3 is 14.8 Å². The second kappa shape index (κ2) is 9.55. The first-order chi connectivity index (χ1) is 11.2. The molecule has 1 unspecified atom stereocenters. The van der Waals surface area contributed by atoms with Crippen LogP contribution in [0.15, 0.2) is 24.3 Å². The zero-order valence-corrected chi connectivity index (χ0v) is 15.5. The van der Waals surface area contributed by atoms with Crippen LogP contribution >= 0.6 is 11.9 Å². The van der Waals surface area contributed by atoms with Crippen molar-refractivity contribution < 1.29 is 4.74 Å². The van der Waals surface area contributed by atoms with Gasteiger partial charge in [0, 0.05) is 18.6 Å². The number of benzene rings is 1. The van der Waals surface area contributed by atoms with Gasteiger partial charge in [-0.05, 0) is 42.5 Å². The van der Waals surface area contributed by atoms with Gasteiger partial charge in [0.25, 0.3) is 0 Å². The minimum atomic E-state index is -0.226. The van der Waals surface area contributed by atoms with Gasteiger partial charge in [0.15, 0.2) is 0 Å². The average molecular weight is 337 g/mol. The molecule has 0 amide bonds. The lowest BCUT2D eigenvalue weighted by atomic mass is 10.0. The number of ether oxygens (including phenoxy) is 1. The van der Waals surface area contributed by atoms with Crippen LogP contribution < -0.4 is 10.0 Å². The quantitative estimate of drug-likeness (QED) is 0.507. The SMILES string of the molecule is CCCCCCCCc1ccc(N2CC(N)(COC)CS2)cc1. The highest BCUT2D eigenvalue weighted by molar-refractivity contribution is 8.01. The predicted octanol–water partition coefficient (Wildman–Crippen LogP) is 4.40. The lowest BCUT2D eigenvalue weighted by Gasteiger charge is -2.23. The van der Waals surface area contributed by atoms with Crippen molar-refractivity contribution in [3.63, 3.8) is 0 Å². The van der Waals surface area contributed by atoms with Crippen LogP contribution in [-0.2, 0) is 11.2 Å². The summed E-state index contributed by atoms with van der Waals surface area (Å²) in [6, 6.07) is 9.01. The Balaban J connectivity index is 1.74. The standard InChI is InChI=1S/C19H32N2OS/c1-3-4-5-6-7-8-9-17-10-12-18(13-11-17)21-14-19(20,15-22-2)16-23-21/h10-13H,3-9,14-16,20H2,1-2H3. The molecule has 4 heteroatoms. The lowest BCUT2D eigenvalue weighted by Crippen LogP contribution is -2.49. The Labute approximate surface area is 146 Å². The molecule has 23 heavy (non-hydrogen) atoms. The Morgan fingerprint density at radius 3 is 2.52 bits per heavy atom. The van der Waals surface area contributed by atoms with E-state index in [2.05, 4.69) is 35.5 Å². The van der Waals surface area contributed by atoms with E-state index in [-0.39, 0.29) is 5.54 Å². The van der Waals surface area contributed by atoms with Crippen LogP contribution in [0.1, 0.15) is 51.0 Å². The molecule has 1 fully saturated rings. The molecule has 0 aromatic heterocycles. The Morgan fingerprint density at radius 1 is 1.13 bits per heavy atom. The van der Waals surface area contributed by atoms with Crippen molar-refractivity contribution in [3.05, 3.63) is 29.8 Å². The highest BCUT2D eigenvalue weighted by Gasteiger charge is 2.35. The van der Waals surface area contributed by atoms with E-state index in [1.165, 1.54) is 56.2 Å². The van der Waals surface area contributed by atoms with E-state index in [0.29, 0.717) is 6.61 Å². The second-order valence-electron chi connectivity index (χ2n) is 6.79. The van der Waals surface area contributed by atoms with Gasteiger partial charge >= 0.3 is 0 Å². The molecule has 0 aliphatic carbocycles. The van der Waals surface area contributed by atoms with E-state index in [4.69, 9.17) is 10.5 Å². The van der Waals surface area contributed by atoms with Crippen molar-refractivity contribution in [1.82, 2.24) is 0 Å². The molecule has 1 aliphatic heterocycles. The lowest BCUT2D eigenvalue weighted by molar-refractivity contribution is 0.150. The van der Waals surface area contributed by atoms with Crippen LogP contribution in [0, 0.1) is 0 Å². The molecular formula is C19H32N2OS. The number of anilines is 1. The zero-order valence-electron chi connectivity index (χ0n) is 14.7. The minimum Gasteiger partial charge on any atom is -0.383 e. The largest absolute Gasteiger partial charge is 0.383 e. The molecule has 1 heterocycles. The molecule has 1 aliphatic rings. The summed E-state index contributed by atoms with van der Waals surface area (Å²) in [7, 11) is 1.72. The predicted molar refractivity (Wildman–Crippen MR) is 102 cm³/mol. The Kier molecular flexibility index (Phi) is 7.74. The van der Waals surface area contributed by atoms with Gasteiger partial charge in [0.1, 0.15) is 0 Å². The number of rotatable bonds is 10. The molecule has 0 saturated carbocycles. The highest BCUT2D eigenvalue weighted by Crippen LogP contribution is 2.33. The van der Waals surface area contributed by atoms with Crippen LogP contribution in [0.2, 0.25) is 0 Å². The molecule has 2 N–H and O–H groups in total. The van der Waals surface area contributed by atoms with Gasteiger partial charge in [0.05, 0.1) is 18.7 Å². The summed E-state index contributed by atoms with van der Waals surface area (Å²) < 4.78 is 7.55. The van der Waals surface area contributed by atoms with E-state index in [1.807, 2.05) is 0 Å². The number of nitrogens with zero attached hydrogens (tertiary/aromatic N) is 1. The van der Waals surface area contributed by atoms with E-state index in [9.17, 15) is 0 Å². The molecule has 2 rings (SSSR count). The topological polar surface area (TPSA) is 38.5 Å². The van der Waals surface area contributed by atoms with Gasteiger partial charge in [-0.3, -0.25) is 0 Å². The number of aryl methyl sites for hydroxylation is 1. The number of hydrogen-bond donors (Lipinski definition) is 1. The maximum absolute atomic E-state index is 6.36. The van der Waals surface area contributed by atoms with Crippen LogP contribution in [-0.4, -0.2) is 31.6 Å². The third-order valence-electron chi connectivity index (χ3n) is 4.44. The van der Waals surface area contributed by atoms with Crippen molar-refractivity contribution >= 4 is 17.6 Å². The fraction of sp³-hybridized carbons (Fsp3) is 0.684. The third-order valence-corrected chi connectivity index (χ3v) is 5.80. The van der Waals surface area contributed by atoms with Gasteiger partial charge in [-0.25, -0.2) is 0 Å². The van der Waals surface area contributed by atoms with E-state index in [0.717, 1.165) is 12.3 Å². The normalized spacial score (nSPS) is 21.1. The van der Waals surface area contributed by atoms with E-state index >= 15 is 0 Å². The smallest absolute Gasteiger partial charge is 0.0688 e. The maximum Gasteiger partial charge on any atom is 0.0688 e. The first-order valence-electron chi connectivity index (χ1n) is 8.94. The fourth-order valence-electron chi connectivity index (χ4n) is 3.06. The highest BCUT2D eigenvalue weighted by atomic mass is 32.2. The molecule has 1 saturated heterocycles. The molecule has 0 radical (unpaired) electrons. The monoisotopic (exact) mass is 336 g/mol. The average Bonchev–Trinajstić information content (AvgIpc) is 2.94. The number of methoxy groups -OCH3 is 1. The van der Waals surface area contributed by atoms with Gasteiger partial charge in [-0.2, -0.15) is 0 Å². The van der Waals surface area contributed by atoms with Gasteiger partial charge in [-0.15, -0.1) is 0 Å². The van der Waals surface area contributed by atoms with Crippen molar-refractivity contribution in [2.24, 2.45) is 5.73 Å². The first kappa shape index (κ1) is 18.6. The van der Waals surface area contributed by atoms with Crippen molar-refractivity contribution in [1.29, 1.82) is 0 Å². The summed E-state index contributed by atoms with van der Waals surface area (Å²) >= 11 is 1.81. The summed E-state index contributed by atoms with van der Waals surface area (Å²) in [5, 5.41) is 0. The zero-order chi connectivity index (χ0) is 16.5. The molecule has 1 aromatic carbocycles. The van der Waals surface area contributed by atoms with Crippen molar-refractivity contribution in [2.45, 2.75) is 57.4 Å². The molecular weight excluding hydrogens is 304 g/mol. The molecule has 1 atom stereocenters. The van der Waals surface area contributed by atoms with Gasteiger partial charge in [0.2, 0.25) is 0 Å². The molecule has 0 bridgehead atoms. The maximum atomic E-state index is 6.36. The van der Waals surface area contributed by atoms with Gasteiger partial charge in [-0.1, -0.05) is 51.2 Å². The number of nitrogens with two attached hydrogens (primary N) is 1. The van der Waals surface area contributed by atoms with Crippen LogP contribution in [0.25, 0.3) is 0 Å². The Bertz CT molecular complexity index is 451. The third kappa shape index (κ3) is 6.02. The van der Waals surface area contributed by atoms with E-state index in [1.54, 1.807) is 19.1 Å². The molecule has 0 spiro atoms. The first-order valence-corrected chi connectivity index (χ1v) is 9.88. The summed E-state index contributed by atoms with van der Waals surface area (Å²) in [4.78, 5) is 0. The summed E-state index contributed by atoms with van der Waals surface area (Å²) in [5.74, 6) is 0.917. The Morgan fingerprint density at radius 2 is 1.83 bits per heavy atom. The summed E-state index contributed by atoms with van der Waals surface area (Å²) in [6.07, 6.45) is 9.35. The summed E-state index contributed by atoms with van der Waals surface area (Å²) in [6.45, 7) is 3.74. The molecule has 130 valence electrons. The van der Waals surface area contributed by atoms with Crippen LogP contribution in [0.3, 0.4) is 0 Å². The minimum absolute atomic E-state index is 0.226. The molecule has 1 aromatic rings. The van der Waals surface area contributed by atoms with Crippen molar-refractivity contribution in [2.75, 3.05) is 30.3 Å². The second-order valence-corrected chi connectivity index (χ2v) is 7.78. The number of hydrogen-bond acceptors (Lipinski definition) is 4. The Hall–Kier alpha value is -0.710. The van der Waals surface area contributed by atoms with Crippen molar-refractivity contribution in [3.8, 4) is 0 Å². The van der Waals surface area contributed by atoms with Crippen LogP contribution in [0.5, 0.6) is 0 Å². The fourth-order valence-corrected chi connectivity index (χ4v) is 4.27. The van der Waals surface area contributed by atoms with E-state index < -0.39 is 0 Å². The molecule has 3 nitrogen and oxygen atoms in total. The number of unbranched alkanes of at least 4 members (excludes halogenated alkanes) is 5. The van der Waals surface area contributed by atoms with Crippen LogP contribution in [0.4, 0.5) is 5.69 Å². The summed E-state index contributed by atoms with van der Waals surface area (Å²) in [5.41, 5.74) is 8.83.